The number of nitrogens with two attached hydrogens (primary N) is 3. The van der Waals surface area contributed by atoms with E-state index in [0.717, 1.165) is 0 Å². The van der Waals surface area contributed by atoms with E-state index in [2.05, 4.69) is 20.9 Å². The van der Waals surface area contributed by atoms with Gasteiger partial charge in [-0.1, -0.05) is 18.2 Å². The number of primary amides is 1. The molecule has 0 heterocycles. The van der Waals surface area contributed by atoms with Gasteiger partial charge < -0.3 is 17.2 Å². The molecule has 1 amide bonds. The second-order valence-electron chi connectivity index (χ2n) is 3.39. The molecule has 0 unspecified atom stereocenters. The van der Waals surface area contributed by atoms with Crippen LogP contribution in [0.1, 0.15) is 5.56 Å². The summed E-state index contributed by atoms with van der Waals surface area (Å²) in [6.07, 6.45) is 0. The van der Waals surface area contributed by atoms with E-state index in [1.807, 2.05) is 0 Å². The predicted molar refractivity (Wildman–Crippen MR) is 71.1 cm³/mol. The van der Waals surface area contributed by atoms with Gasteiger partial charge in [0.25, 0.3) is 5.91 Å². The largest absolute Gasteiger partial charge is 0.395 e. The minimum atomic E-state index is -0.842. The van der Waals surface area contributed by atoms with Crippen LogP contribution in [0.2, 0.25) is 0 Å². The first-order valence-electron chi connectivity index (χ1n) is 4.92. The van der Waals surface area contributed by atoms with Crippen molar-refractivity contribution in [2.75, 3.05) is 0 Å². The van der Waals surface area contributed by atoms with Crippen LogP contribution in [0.5, 0.6) is 0 Å². The second-order valence-corrected chi connectivity index (χ2v) is 4.14. The molecule has 7 heteroatoms. The summed E-state index contributed by atoms with van der Waals surface area (Å²) in [5.41, 5.74) is 15.9. The topological polar surface area (TPSA) is 107 Å². The molecule has 0 aromatic heterocycles. The number of nitrogens with zero attached hydrogens (tertiary/aromatic N) is 1. The van der Waals surface area contributed by atoms with Crippen LogP contribution in [-0.4, -0.2) is 10.5 Å². The van der Waals surface area contributed by atoms with Crippen LogP contribution >= 0.6 is 15.9 Å². The third kappa shape index (κ3) is 3.56. The Morgan fingerprint density at radius 3 is 2.39 bits per heavy atom. The van der Waals surface area contributed by atoms with Crippen molar-refractivity contribution in [3.8, 4) is 0 Å². The van der Waals surface area contributed by atoms with Crippen molar-refractivity contribution in [1.29, 1.82) is 0 Å². The van der Waals surface area contributed by atoms with E-state index in [0.29, 0.717) is 5.56 Å². The summed E-state index contributed by atoms with van der Waals surface area (Å²) in [7, 11) is 0. The molecule has 0 saturated heterocycles. The predicted octanol–water partition coefficient (Wildman–Crippen LogP) is 0.733. The molecule has 0 aliphatic heterocycles. The van der Waals surface area contributed by atoms with Crippen molar-refractivity contribution in [2.24, 2.45) is 22.2 Å². The van der Waals surface area contributed by atoms with Gasteiger partial charge in [-0.25, -0.2) is 4.39 Å². The number of halogens is 2. The maximum absolute atomic E-state index is 13.3. The summed E-state index contributed by atoms with van der Waals surface area (Å²) in [4.78, 5) is 14.8. The smallest absolute Gasteiger partial charge is 0.266 e. The summed E-state index contributed by atoms with van der Waals surface area (Å²) < 4.78 is 13.5. The fraction of sp³-hybridized carbons (Fsp3) is 0.0909. The van der Waals surface area contributed by atoms with Crippen LogP contribution in [0.25, 0.3) is 0 Å². The van der Waals surface area contributed by atoms with E-state index < -0.39 is 5.91 Å². The maximum atomic E-state index is 13.3. The molecule has 0 bridgehead atoms. The highest BCUT2D eigenvalue weighted by Crippen LogP contribution is 2.10. The van der Waals surface area contributed by atoms with Gasteiger partial charge in [0, 0.05) is 5.56 Å². The fourth-order valence-electron chi connectivity index (χ4n) is 1.11. The Kier molecular flexibility index (Phi) is 4.85. The van der Waals surface area contributed by atoms with Crippen molar-refractivity contribution >= 4 is 26.5 Å². The van der Waals surface area contributed by atoms with Crippen molar-refractivity contribution in [3.63, 3.8) is 0 Å². The van der Waals surface area contributed by atoms with Crippen molar-refractivity contribution < 1.29 is 9.18 Å². The number of allylic oxidation sites excluding steroid dienone is 1. The molecule has 0 fully saturated rings. The summed E-state index contributed by atoms with van der Waals surface area (Å²) in [6.45, 7) is 0.0694. The van der Waals surface area contributed by atoms with E-state index in [1.165, 1.54) is 6.07 Å². The number of aliphatic imine (C=N–C) groups is 1. The molecular formula is C11H12BrFN4O. The van der Waals surface area contributed by atoms with Crippen molar-refractivity contribution in [2.45, 2.75) is 6.54 Å². The average molecular weight is 315 g/mol. The average Bonchev–Trinajstić information content (AvgIpc) is 2.35. The third-order valence-electron chi connectivity index (χ3n) is 2.12. The Morgan fingerprint density at radius 1 is 1.22 bits per heavy atom. The molecule has 18 heavy (non-hydrogen) atoms. The molecule has 0 aliphatic rings. The van der Waals surface area contributed by atoms with Gasteiger partial charge in [-0.2, -0.15) is 0 Å². The second kappa shape index (κ2) is 6.15. The zero-order valence-corrected chi connectivity index (χ0v) is 10.9. The fourth-order valence-corrected chi connectivity index (χ4v) is 1.45. The lowest BCUT2D eigenvalue weighted by Gasteiger charge is -2.03. The number of benzene rings is 1. The number of rotatable bonds is 4. The Bertz CT molecular complexity index is 528. The van der Waals surface area contributed by atoms with E-state index in [9.17, 15) is 9.18 Å². The third-order valence-corrected chi connectivity index (χ3v) is 2.80. The van der Waals surface area contributed by atoms with Gasteiger partial charge in [-0.05, 0) is 22.0 Å². The molecule has 5 nitrogen and oxygen atoms in total. The standard InChI is InChI=1S/C11H12BrFN4O/c12-10(8(14)9(15)11(16)18)17-5-6-3-1-2-4-7(6)13/h1-4H,5,14-15H2,(H2,16,18)/b9-8+,17-10?. The Balaban J connectivity index is 2.89. The number of hydrogen-bond donors (Lipinski definition) is 3. The monoisotopic (exact) mass is 314 g/mol. The molecule has 0 radical (unpaired) electrons. The lowest BCUT2D eigenvalue weighted by Crippen LogP contribution is -2.26. The first-order chi connectivity index (χ1) is 8.43. The van der Waals surface area contributed by atoms with Crippen LogP contribution in [0, 0.1) is 5.82 Å². The Hall–Kier alpha value is -1.89. The number of amides is 1. The highest BCUT2D eigenvalue weighted by atomic mass is 79.9. The molecular weight excluding hydrogens is 303 g/mol. The molecule has 1 aromatic carbocycles. The molecule has 1 rings (SSSR count). The summed E-state index contributed by atoms with van der Waals surface area (Å²) in [5.74, 6) is -1.21. The lowest BCUT2D eigenvalue weighted by atomic mass is 10.2. The molecule has 1 aromatic rings. The minimum Gasteiger partial charge on any atom is -0.395 e. The zero-order chi connectivity index (χ0) is 13.7. The lowest BCUT2D eigenvalue weighted by molar-refractivity contribution is -0.114. The molecule has 6 N–H and O–H groups in total. The van der Waals surface area contributed by atoms with Gasteiger partial charge in [0.15, 0.2) is 0 Å². The van der Waals surface area contributed by atoms with Crippen LogP contribution in [-0.2, 0) is 11.3 Å². The maximum Gasteiger partial charge on any atom is 0.266 e. The summed E-state index contributed by atoms with van der Waals surface area (Å²) >= 11 is 3.05. The quantitative estimate of drug-likeness (QED) is 0.563. The SMILES string of the molecule is NC(=O)/C(N)=C(\N)C(Br)=NCc1ccccc1F. The van der Waals surface area contributed by atoms with Gasteiger partial charge in [0.05, 0.1) is 12.2 Å². The summed E-state index contributed by atoms with van der Waals surface area (Å²) in [5, 5.41) is 0. The van der Waals surface area contributed by atoms with E-state index in [4.69, 9.17) is 17.2 Å². The van der Waals surface area contributed by atoms with Gasteiger partial charge >= 0.3 is 0 Å². The van der Waals surface area contributed by atoms with Gasteiger partial charge in [-0.15, -0.1) is 0 Å². The van der Waals surface area contributed by atoms with Crippen LogP contribution in [0.15, 0.2) is 40.7 Å². The first-order valence-corrected chi connectivity index (χ1v) is 5.71. The highest BCUT2D eigenvalue weighted by molar-refractivity contribution is 9.18. The van der Waals surface area contributed by atoms with E-state index in [1.54, 1.807) is 18.2 Å². The minimum absolute atomic E-state index is 0.0694. The Morgan fingerprint density at radius 2 is 1.83 bits per heavy atom. The molecule has 0 saturated carbocycles. The number of hydrogen-bond acceptors (Lipinski definition) is 4. The van der Waals surface area contributed by atoms with Gasteiger partial charge in [0.2, 0.25) is 0 Å². The Labute approximate surface area is 112 Å². The zero-order valence-electron chi connectivity index (χ0n) is 9.36. The highest BCUT2D eigenvalue weighted by Gasteiger charge is 2.09. The van der Waals surface area contributed by atoms with Crippen LogP contribution < -0.4 is 17.2 Å². The van der Waals surface area contributed by atoms with Gasteiger partial charge in [-0.3, -0.25) is 9.79 Å². The first kappa shape index (κ1) is 14.2. The van der Waals surface area contributed by atoms with Crippen molar-refractivity contribution in [1.82, 2.24) is 0 Å². The van der Waals surface area contributed by atoms with Crippen LogP contribution in [0.4, 0.5) is 4.39 Å². The van der Waals surface area contributed by atoms with Gasteiger partial charge in [0.1, 0.15) is 16.1 Å². The van der Waals surface area contributed by atoms with Crippen molar-refractivity contribution in [3.05, 3.63) is 47.0 Å². The van der Waals surface area contributed by atoms with Crippen LogP contribution in [0.3, 0.4) is 0 Å². The molecule has 0 spiro atoms. The molecule has 0 aliphatic carbocycles. The summed E-state index contributed by atoms with van der Waals surface area (Å²) in [6, 6.07) is 6.20. The van der Waals surface area contributed by atoms with E-state index >= 15 is 0 Å². The normalized spacial score (nSPS) is 13.1. The number of carbonyl (C=O) groups excluding carboxylic acids is 1. The molecule has 96 valence electrons. The number of carbonyl (C=O) groups is 1. The van der Waals surface area contributed by atoms with E-state index in [-0.39, 0.29) is 28.4 Å². The molecule has 0 atom stereocenters.